The van der Waals surface area contributed by atoms with Crippen LogP contribution in [-0.2, 0) is 20.1 Å². The number of pyridine rings is 2. The second-order valence-corrected chi connectivity index (χ2v) is 24.1. The van der Waals surface area contributed by atoms with Crippen molar-refractivity contribution in [2.75, 3.05) is 0 Å². The SMILES string of the molecule is Cc1ccc2c(n1)oc1c(-c3nc4ccccc4n3-c3cccc4ccccc34)[c-]ccc12.[2H]C([2H])([2H])c1c[c-]c(-c2cc[c]([Ge]([CH3])([CH3])[CH3])cn2)cc1.[Ir]. The molecule has 0 N–H and O–H groups in total. The molecule has 9 rings (SSSR count). The summed E-state index contributed by atoms with van der Waals surface area (Å²) in [5.41, 5.74) is 8.15. The molecule has 0 atom stereocenters. The van der Waals surface area contributed by atoms with Gasteiger partial charge in [-0.2, -0.15) is 0 Å². The van der Waals surface area contributed by atoms with Crippen LogP contribution in [0.3, 0.4) is 0 Å². The first kappa shape index (κ1) is 30.9. The Labute approximate surface area is 318 Å². The van der Waals surface area contributed by atoms with E-state index in [1.165, 1.54) is 21.2 Å². The summed E-state index contributed by atoms with van der Waals surface area (Å²) < 4.78 is 31.9. The molecule has 0 aliphatic carbocycles. The molecule has 0 unspecified atom stereocenters. The topological polar surface area (TPSA) is 56.7 Å². The zero-order valence-corrected chi connectivity index (χ0v) is 33.1. The second kappa shape index (κ2) is 14.0. The van der Waals surface area contributed by atoms with Gasteiger partial charge in [0, 0.05) is 42.3 Å². The molecule has 5 aromatic carbocycles. The van der Waals surface area contributed by atoms with Crippen LogP contribution >= 0.6 is 0 Å². The van der Waals surface area contributed by atoms with Crippen molar-refractivity contribution in [3.8, 4) is 28.3 Å². The largest absolute Gasteiger partial charge is 0 e. The molecular weight excluding hydrogens is 865 g/mol. The van der Waals surface area contributed by atoms with Crippen LogP contribution in [0.4, 0.5) is 0 Å². The summed E-state index contributed by atoms with van der Waals surface area (Å²) in [6, 6.07) is 46.6. The molecule has 0 saturated heterocycles. The third kappa shape index (κ3) is 6.67. The van der Waals surface area contributed by atoms with Crippen molar-refractivity contribution in [2.24, 2.45) is 0 Å². The maximum atomic E-state index is 7.35. The summed E-state index contributed by atoms with van der Waals surface area (Å²) in [6.45, 7) is -0.105. The van der Waals surface area contributed by atoms with Crippen molar-refractivity contribution in [1.29, 1.82) is 0 Å². The van der Waals surface area contributed by atoms with Crippen LogP contribution < -0.4 is 4.40 Å². The molecular formula is C44H36GeIrN4O-2. The molecule has 5 nitrogen and oxygen atoms in total. The van der Waals surface area contributed by atoms with E-state index in [2.05, 4.69) is 105 Å². The van der Waals surface area contributed by atoms with E-state index in [1.54, 1.807) is 12.1 Å². The Morgan fingerprint density at radius 2 is 1.59 bits per heavy atom. The number of aryl methyl sites for hydroxylation is 2. The number of fused-ring (bicyclic) bond motifs is 5. The average Bonchev–Trinajstić information content (AvgIpc) is 3.72. The predicted octanol–water partition coefficient (Wildman–Crippen LogP) is 10.6. The summed E-state index contributed by atoms with van der Waals surface area (Å²) in [4.78, 5) is 14.1. The minimum atomic E-state index is -2.08. The second-order valence-electron chi connectivity index (χ2n) is 13.4. The van der Waals surface area contributed by atoms with Crippen LogP contribution in [0.1, 0.15) is 15.4 Å². The molecule has 0 bridgehead atoms. The van der Waals surface area contributed by atoms with Gasteiger partial charge in [0.2, 0.25) is 5.71 Å². The fourth-order valence-corrected chi connectivity index (χ4v) is 8.47. The summed E-state index contributed by atoms with van der Waals surface area (Å²) in [6.07, 6.45) is 1.95. The third-order valence-corrected chi connectivity index (χ3v) is 13.2. The van der Waals surface area contributed by atoms with E-state index in [4.69, 9.17) is 13.5 Å². The molecule has 7 heteroatoms. The van der Waals surface area contributed by atoms with Crippen molar-refractivity contribution >= 4 is 61.5 Å². The molecule has 0 aliphatic rings. The Kier molecular flexibility index (Phi) is 8.50. The standard InChI is InChI=1S/C29H18N3O.C15H18GeN.Ir/c1-18-16-17-22-21-11-7-12-23(27(21)33-29(22)30-18)28-31-24-13-4-5-14-26(24)32(28)25-15-6-9-19-8-2-3-10-20(19)25;1-12-5-7-13(8-6-12)15-10-9-14(11-17-15)16(2,3)4;/h2-11,13-17H,1H3;5-7,9-11H,1-4H3;/q2*-1;/i;1D3;. The molecule has 0 amide bonds. The normalized spacial score (nSPS) is 12.6. The zero-order valence-electron chi connectivity index (χ0n) is 31.7. The van der Waals surface area contributed by atoms with E-state index >= 15 is 0 Å². The van der Waals surface area contributed by atoms with Gasteiger partial charge in [0.1, 0.15) is 0 Å². The first-order valence-corrected chi connectivity index (χ1v) is 24.0. The van der Waals surface area contributed by atoms with Gasteiger partial charge in [-0.1, -0.05) is 59.5 Å². The van der Waals surface area contributed by atoms with Crippen LogP contribution in [0.25, 0.3) is 72.2 Å². The number of benzene rings is 5. The van der Waals surface area contributed by atoms with Crippen molar-refractivity contribution in [2.45, 2.75) is 31.0 Å². The van der Waals surface area contributed by atoms with Gasteiger partial charge in [0.05, 0.1) is 22.4 Å². The quantitative estimate of drug-likeness (QED) is 0.130. The molecule has 0 spiro atoms. The zero-order chi connectivity index (χ0) is 36.9. The number of nitrogens with zero attached hydrogens (tertiary/aromatic N) is 4. The first-order chi connectivity index (χ1) is 25.5. The number of furan rings is 1. The predicted molar refractivity (Wildman–Crippen MR) is 209 cm³/mol. The Morgan fingerprint density at radius 1 is 0.765 bits per heavy atom. The number of imidazole rings is 1. The maximum absolute atomic E-state index is 7.35. The number of para-hydroxylation sites is 2. The molecule has 253 valence electrons. The van der Waals surface area contributed by atoms with Crippen LogP contribution in [-0.4, -0.2) is 32.8 Å². The van der Waals surface area contributed by atoms with Gasteiger partial charge in [0.15, 0.2) is 0 Å². The van der Waals surface area contributed by atoms with Crippen LogP contribution in [0.5, 0.6) is 0 Å². The summed E-state index contributed by atoms with van der Waals surface area (Å²) in [7, 11) is 0. The van der Waals surface area contributed by atoms with E-state index < -0.39 is 20.1 Å². The minimum absolute atomic E-state index is 0. The van der Waals surface area contributed by atoms with E-state index in [-0.39, 0.29) is 20.1 Å². The van der Waals surface area contributed by atoms with Gasteiger partial charge in [0.25, 0.3) is 0 Å². The molecule has 0 fully saturated rings. The van der Waals surface area contributed by atoms with Crippen LogP contribution in [0.15, 0.2) is 132 Å². The molecule has 9 aromatic rings. The van der Waals surface area contributed by atoms with Crippen molar-refractivity contribution < 1.29 is 28.6 Å². The Morgan fingerprint density at radius 3 is 2.37 bits per heavy atom. The molecule has 51 heavy (non-hydrogen) atoms. The van der Waals surface area contributed by atoms with Crippen LogP contribution in [0.2, 0.25) is 17.3 Å². The number of hydrogen-bond acceptors (Lipinski definition) is 4. The molecule has 0 aliphatic heterocycles. The molecule has 1 radical (unpaired) electrons. The fourth-order valence-electron chi connectivity index (χ4n) is 6.30. The minimum Gasteiger partial charge on any atom is 0 e. The van der Waals surface area contributed by atoms with Gasteiger partial charge in [-0.3, -0.25) is 4.98 Å². The summed E-state index contributed by atoms with van der Waals surface area (Å²) in [5.74, 6) is 7.78. The van der Waals surface area contributed by atoms with Gasteiger partial charge < -0.3 is 8.98 Å². The van der Waals surface area contributed by atoms with E-state index in [9.17, 15) is 0 Å². The third-order valence-electron chi connectivity index (χ3n) is 8.95. The Bertz CT molecular complexity index is 2710. The molecule has 0 saturated carbocycles. The number of aromatic nitrogens is 4. The molecule has 4 heterocycles. The molecule has 4 aromatic heterocycles. The van der Waals surface area contributed by atoms with Gasteiger partial charge in [-0.15, -0.1) is 18.2 Å². The smallest absolute Gasteiger partial charge is 0 e. The summed E-state index contributed by atoms with van der Waals surface area (Å²) >= 11 is -1.83. The Balaban J connectivity index is 0.000000186. The number of rotatable bonds is 4. The van der Waals surface area contributed by atoms with Crippen molar-refractivity contribution in [3.63, 3.8) is 0 Å². The van der Waals surface area contributed by atoms with Crippen LogP contribution in [0, 0.1) is 25.9 Å². The first-order valence-electron chi connectivity index (χ1n) is 18.1. The summed E-state index contributed by atoms with van der Waals surface area (Å²) in [5, 5.41) is 4.37. The Hall–Kier alpha value is -4.88. The van der Waals surface area contributed by atoms with Gasteiger partial charge in [-0.25, -0.2) is 4.98 Å². The van der Waals surface area contributed by atoms with E-state index in [0.29, 0.717) is 11.3 Å². The van der Waals surface area contributed by atoms with Crippen molar-refractivity contribution in [3.05, 3.63) is 151 Å². The van der Waals surface area contributed by atoms with E-state index in [1.807, 2.05) is 55.6 Å². The van der Waals surface area contributed by atoms with Gasteiger partial charge in [-0.05, 0) is 42.6 Å². The average molecular weight is 905 g/mol. The van der Waals surface area contributed by atoms with Gasteiger partial charge >= 0.3 is 110 Å². The monoisotopic (exact) mass is 906 g/mol. The maximum Gasteiger partial charge on any atom is 0 e. The van der Waals surface area contributed by atoms with E-state index in [0.717, 1.165) is 61.4 Å². The van der Waals surface area contributed by atoms with Crippen molar-refractivity contribution in [1.82, 2.24) is 19.5 Å². The fraction of sp³-hybridized carbons (Fsp3) is 0.114. The number of hydrogen-bond donors (Lipinski definition) is 0.